The molecule has 25 heavy (non-hydrogen) atoms. The van der Waals surface area contributed by atoms with Crippen molar-refractivity contribution in [3.8, 4) is 5.75 Å². The van der Waals surface area contributed by atoms with E-state index in [1.807, 2.05) is 55.5 Å². The van der Waals surface area contributed by atoms with Gasteiger partial charge in [0.2, 0.25) is 0 Å². The van der Waals surface area contributed by atoms with E-state index in [1.54, 1.807) is 11.8 Å². The lowest BCUT2D eigenvalue weighted by Gasteiger charge is -2.32. The average Bonchev–Trinajstić information content (AvgIpc) is 2.61. The van der Waals surface area contributed by atoms with Gasteiger partial charge in [-0.15, -0.1) is 0 Å². The summed E-state index contributed by atoms with van der Waals surface area (Å²) in [5.41, 5.74) is 2.76. The molecule has 1 aliphatic rings. The maximum absolute atomic E-state index is 12.4. The Balaban J connectivity index is 1.60. The topological polar surface area (TPSA) is 55.8 Å². The second kappa shape index (κ2) is 7.38. The highest BCUT2D eigenvalue weighted by Crippen LogP contribution is 2.33. The maximum Gasteiger partial charge on any atom is 0.307 e. The number of rotatable bonds is 5. The molecule has 1 amide bonds. The van der Waals surface area contributed by atoms with Crippen molar-refractivity contribution in [2.24, 2.45) is 0 Å². The van der Waals surface area contributed by atoms with Crippen LogP contribution in [-0.2, 0) is 20.9 Å². The summed E-state index contributed by atoms with van der Waals surface area (Å²) in [6.45, 7) is 4.21. The molecule has 0 N–H and O–H groups in total. The number of hydrogen-bond donors (Lipinski definition) is 0. The Morgan fingerprint density at radius 2 is 1.88 bits per heavy atom. The third-order valence-electron chi connectivity index (χ3n) is 4.26. The number of carbonyl (C=O) groups excluding carboxylic acids is 2. The third kappa shape index (κ3) is 3.82. The van der Waals surface area contributed by atoms with E-state index in [0.717, 1.165) is 11.1 Å². The quantitative estimate of drug-likeness (QED) is 0.785. The van der Waals surface area contributed by atoms with Gasteiger partial charge in [-0.3, -0.25) is 9.59 Å². The summed E-state index contributed by atoms with van der Waals surface area (Å²) < 4.78 is 10.9. The van der Waals surface area contributed by atoms with E-state index in [9.17, 15) is 9.59 Å². The van der Waals surface area contributed by atoms with Crippen molar-refractivity contribution in [3.05, 3.63) is 59.7 Å². The molecule has 5 nitrogen and oxygen atoms in total. The van der Waals surface area contributed by atoms with Crippen LogP contribution >= 0.6 is 0 Å². The molecule has 1 heterocycles. The van der Waals surface area contributed by atoms with E-state index >= 15 is 0 Å². The molecule has 0 bridgehead atoms. The van der Waals surface area contributed by atoms with E-state index in [2.05, 4.69) is 0 Å². The number of fused-ring (bicyclic) bond motifs is 1. The number of carbonyl (C=O) groups is 2. The second-order valence-corrected chi connectivity index (χ2v) is 6.05. The van der Waals surface area contributed by atoms with Gasteiger partial charge in [-0.1, -0.05) is 36.4 Å². The van der Waals surface area contributed by atoms with Gasteiger partial charge in [0, 0.05) is 6.54 Å². The first kappa shape index (κ1) is 17.0. The third-order valence-corrected chi connectivity index (χ3v) is 4.26. The van der Waals surface area contributed by atoms with Crippen molar-refractivity contribution < 1.29 is 19.1 Å². The minimum Gasteiger partial charge on any atom is -0.479 e. The van der Waals surface area contributed by atoms with Crippen LogP contribution in [0.25, 0.3) is 0 Å². The number of anilines is 1. The van der Waals surface area contributed by atoms with Gasteiger partial charge in [0.25, 0.3) is 5.91 Å². The van der Waals surface area contributed by atoms with Crippen LogP contribution in [0.15, 0.2) is 48.5 Å². The first-order valence-electron chi connectivity index (χ1n) is 8.33. The van der Waals surface area contributed by atoms with Gasteiger partial charge in [-0.05, 0) is 37.1 Å². The Morgan fingerprint density at radius 1 is 1.16 bits per heavy atom. The zero-order valence-corrected chi connectivity index (χ0v) is 14.4. The van der Waals surface area contributed by atoms with Crippen LogP contribution in [0.5, 0.6) is 5.75 Å². The van der Waals surface area contributed by atoms with Crippen LogP contribution in [0.2, 0.25) is 0 Å². The molecule has 0 radical (unpaired) electrons. The summed E-state index contributed by atoms with van der Waals surface area (Å²) in [4.78, 5) is 26.0. The zero-order valence-electron chi connectivity index (χ0n) is 14.4. The number of aryl methyl sites for hydroxylation is 1. The first-order chi connectivity index (χ1) is 12.1. The lowest BCUT2D eigenvalue weighted by atomic mass is 10.1. The molecule has 0 unspecified atom stereocenters. The fourth-order valence-electron chi connectivity index (χ4n) is 2.80. The Kier molecular flexibility index (Phi) is 5.03. The van der Waals surface area contributed by atoms with Crippen LogP contribution in [0.3, 0.4) is 0 Å². The molecular weight excluding hydrogens is 318 g/mol. The Morgan fingerprint density at radius 3 is 2.68 bits per heavy atom. The Bertz CT molecular complexity index is 787. The lowest BCUT2D eigenvalue weighted by molar-refractivity contribution is -0.144. The summed E-state index contributed by atoms with van der Waals surface area (Å²) in [6.07, 6.45) is -0.420. The van der Waals surface area contributed by atoms with Crippen LogP contribution < -0.4 is 9.64 Å². The van der Waals surface area contributed by atoms with Crippen molar-refractivity contribution in [2.75, 3.05) is 11.4 Å². The average molecular weight is 339 g/mol. The van der Waals surface area contributed by atoms with Crippen LogP contribution in [0.4, 0.5) is 5.69 Å². The van der Waals surface area contributed by atoms with E-state index < -0.39 is 6.10 Å². The van der Waals surface area contributed by atoms with Gasteiger partial charge in [0.1, 0.15) is 12.4 Å². The summed E-state index contributed by atoms with van der Waals surface area (Å²) in [5.74, 6) is 0.181. The fraction of sp³-hybridized carbons (Fsp3) is 0.300. The van der Waals surface area contributed by atoms with E-state index in [1.165, 1.54) is 0 Å². The standard InChI is InChI=1S/C20H21NO4/c1-14-7-3-4-8-16(14)13-24-19(22)11-12-21-17-9-5-6-10-18(17)25-15(2)20(21)23/h3-10,15H,11-13H2,1-2H3/t15-/m1/s1. The van der Waals surface area contributed by atoms with Gasteiger partial charge in [-0.2, -0.15) is 0 Å². The van der Waals surface area contributed by atoms with Crippen molar-refractivity contribution in [1.82, 2.24) is 0 Å². The largest absolute Gasteiger partial charge is 0.479 e. The number of esters is 1. The summed E-state index contributed by atoms with van der Waals surface area (Å²) in [6, 6.07) is 15.1. The molecule has 0 spiro atoms. The molecule has 0 aromatic heterocycles. The maximum atomic E-state index is 12.4. The number of para-hydroxylation sites is 2. The molecule has 0 aliphatic carbocycles. The predicted octanol–water partition coefficient (Wildman–Crippen LogP) is 3.24. The smallest absolute Gasteiger partial charge is 0.307 e. The number of nitrogens with zero attached hydrogens (tertiary/aromatic N) is 1. The monoisotopic (exact) mass is 339 g/mol. The van der Waals surface area contributed by atoms with Crippen molar-refractivity contribution >= 4 is 17.6 Å². The number of ether oxygens (including phenoxy) is 2. The highest BCUT2D eigenvalue weighted by molar-refractivity contribution is 6.00. The van der Waals surface area contributed by atoms with Gasteiger partial charge >= 0.3 is 5.97 Å². The summed E-state index contributed by atoms with van der Waals surface area (Å²) in [7, 11) is 0. The van der Waals surface area contributed by atoms with Gasteiger partial charge in [0.15, 0.2) is 6.10 Å². The highest BCUT2D eigenvalue weighted by atomic mass is 16.5. The van der Waals surface area contributed by atoms with Gasteiger partial charge in [0.05, 0.1) is 12.1 Å². The second-order valence-electron chi connectivity index (χ2n) is 6.05. The zero-order chi connectivity index (χ0) is 17.8. The minimum absolute atomic E-state index is 0.138. The van der Waals surface area contributed by atoms with E-state index in [-0.39, 0.29) is 31.4 Å². The molecule has 1 aliphatic heterocycles. The van der Waals surface area contributed by atoms with Gasteiger partial charge in [-0.25, -0.2) is 0 Å². The Hall–Kier alpha value is -2.82. The molecule has 3 rings (SSSR count). The number of hydrogen-bond acceptors (Lipinski definition) is 4. The molecule has 0 fully saturated rings. The van der Waals surface area contributed by atoms with Crippen molar-refractivity contribution in [3.63, 3.8) is 0 Å². The molecule has 1 atom stereocenters. The number of benzene rings is 2. The van der Waals surface area contributed by atoms with Crippen molar-refractivity contribution in [2.45, 2.75) is 33.0 Å². The van der Waals surface area contributed by atoms with Crippen LogP contribution in [-0.4, -0.2) is 24.5 Å². The molecule has 2 aromatic carbocycles. The number of amides is 1. The normalized spacial score (nSPS) is 16.2. The molecule has 0 saturated heterocycles. The van der Waals surface area contributed by atoms with Crippen LogP contribution in [0, 0.1) is 6.92 Å². The summed E-state index contributed by atoms with van der Waals surface area (Å²) in [5, 5.41) is 0. The first-order valence-corrected chi connectivity index (χ1v) is 8.33. The fourth-order valence-corrected chi connectivity index (χ4v) is 2.80. The van der Waals surface area contributed by atoms with Crippen molar-refractivity contribution in [1.29, 1.82) is 0 Å². The van der Waals surface area contributed by atoms with E-state index in [0.29, 0.717) is 11.4 Å². The molecule has 5 heteroatoms. The van der Waals surface area contributed by atoms with Gasteiger partial charge < -0.3 is 14.4 Å². The molecule has 0 saturated carbocycles. The predicted molar refractivity (Wildman–Crippen MR) is 94.5 cm³/mol. The van der Waals surface area contributed by atoms with Crippen LogP contribution in [0.1, 0.15) is 24.5 Å². The summed E-state index contributed by atoms with van der Waals surface area (Å²) >= 11 is 0. The molecule has 2 aromatic rings. The SMILES string of the molecule is Cc1ccccc1COC(=O)CCN1C(=O)[C@@H](C)Oc2ccccc21. The minimum atomic E-state index is -0.558. The molecule has 130 valence electrons. The van der Waals surface area contributed by atoms with E-state index in [4.69, 9.17) is 9.47 Å². The lowest BCUT2D eigenvalue weighted by Crippen LogP contribution is -2.45. The Labute approximate surface area is 147 Å². The highest BCUT2D eigenvalue weighted by Gasteiger charge is 2.31. The molecular formula is C20H21NO4.